The molecule has 0 fully saturated rings. The maximum atomic E-state index is 14.3. The lowest BCUT2D eigenvalue weighted by Crippen LogP contribution is -2.26. The zero-order valence-electron chi connectivity index (χ0n) is 17.9. The number of carbonyl (C=O) groups excluding carboxylic acids is 1. The molecular formula is C24H20F5N3O2. The van der Waals surface area contributed by atoms with Crippen LogP contribution in [0.15, 0.2) is 42.5 Å². The molecule has 10 heteroatoms. The van der Waals surface area contributed by atoms with Crippen molar-refractivity contribution in [2.75, 3.05) is 16.8 Å². The van der Waals surface area contributed by atoms with Crippen LogP contribution in [0.25, 0.3) is 0 Å². The summed E-state index contributed by atoms with van der Waals surface area (Å²) in [6.07, 6.45) is 1.20. The highest BCUT2D eigenvalue weighted by atomic mass is 19.3. The molecule has 0 saturated carbocycles. The van der Waals surface area contributed by atoms with E-state index in [0.717, 1.165) is 30.5 Å². The van der Waals surface area contributed by atoms with Crippen LogP contribution in [0.5, 0.6) is 0 Å². The van der Waals surface area contributed by atoms with Crippen molar-refractivity contribution in [3.63, 3.8) is 0 Å². The SMILES string of the molecule is O=C(CCc1ccc(NCc2ccc3c(n2)N(c2cc(F)c(F)c(F)c2)CCC3)cc1F)OF. The Morgan fingerprint density at radius 2 is 1.79 bits per heavy atom. The number of nitrogens with zero attached hydrogens (tertiary/aromatic N) is 2. The van der Waals surface area contributed by atoms with E-state index in [0.29, 0.717) is 23.7 Å². The van der Waals surface area contributed by atoms with E-state index < -0.39 is 29.2 Å². The highest BCUT2D eigenvalue weighted by molar-refractivity contribution is 5.69. The molecular weight excluding hydrogens is 457 g/mol. The van der Waals surface area contributed by atoms with Crippen LogP contribution in [0.3, 0.4) is 0 Å². The first-order valence-electron chi connectivity index (χ1n) is 10.6. The molecule has 2 aromatic carbocycles. The zero-order valence-corrected chi connectivity index (χ0v) is 17.9. The summed E-state index contributed by atoms with van der Waals surface area (Å²) in [5.74, 6) is -5.16. The van der Waals surface area contributed by atoms with Gasteiger partial charge in [-0.25, -0.2) is 27.3 Å². The molecule has 2 heterocycles. The zero-order chi connectivity index (χ0) is 24.2. The average Bonchev–Trinajstić information content (AvgIpc) is 2.84. The Balaban J connectivity index is 1.49. The summed E-state index contributed by atoms with van der Waals surface area (Å²) in [6, 6.07) is 9.92. The second-order valence-corrected chi connectivity index (χ2v) is 7.87. The minimum absolute atomic E-state index is 0.00164. The summed E-state index contributed by atoms with van der Waals surface area (Å²) in [5, 5.41) is 3.05. The van der Waals surface area contributed by atoms with Crippen LogP contribution in [-0.2, 0) is 29.1 Å². The number of nitrogens with one attached hydrogen (secondary N) is 1. The van der Waals surface area contributed by atoms with Gasteiger partial charge in [-0.3, -0.25) is 4.94 Å². The molecule has 3 aromatic rings. The Kier molecular flexibility index (Phi) is 6.95. The van der Waals surface area contributed by atoms with E-state index in [2.05, 4.69) is 15.2 Å². The van der Waals surface area contributed by atoms with Crippen molar-refractivity contribution in [2.45, 2.75) is 32.2 Å². The molecule has 1 aromatic heterocycles. The first kappa shape index (κ1) is 23.5. The number of pyridine rings is 1. The fraction of sp³-hybridized carbons (Fsp3) is 0.250. The molecule has 0 bridgehead atoms. The number of halogens is 5. The van der Waals surface area contributed by atoms with Crippen LogP contribution in [0, 0.1) is 23.3 Å². The summed E-state index contributed by atoms with van der Waals surface area (Å²) in [6.45, 7) is 0.699. The molecule has 1 aliphatic rings. The van der Waals surface area contributed by atoms with E-state index in [-0.39, 0.29) is 30.6 Å². The van der Waals surface area contributed by atoms with Gasteiger partial charge in [-0.2, -0.15) is 0 Å². The first-order valence-corrected chi connectivity index (χ1v) is 10.6. The van der Waals surface area contributed by atoms with Crippen molar-refractivity contribution in [1.29, 1.82) is 0 Å². The third kappa shape index (κ3) is 5.11. The minimum atomic E-state index is -1.52. The normalized spacial score (nSPS) is 12.9. The molecule has 0 radical (unpaired) electrons. The van der Waals surface area contributed by atoms with E-state index in [9.17, 15) is 26.9 Å². The van der Waals surface area contributed by atoms with Gasteiger partial charge in [-0.05, 0) is 48.6 Å². The minimum Gasteiger partial charge on any atom is -0.379 e. The van der Waals surface area contributed by atoms with Crippen LogP contribution < -0.4 is 10.2 Å². The van der Waals surface area contributed by atoms with Crippen LogP contribution >= 0.6 is 0 Å². The number of anilines is 3. The van der Waals surface area contributed by atoms with Gasteiger partial charge >= 0.3 is 5.97 Å². The molecule has 0 atom stereocenters. The van der Waals surface area contributed by atoms with Crippen molar-refractivity contribution in [3.05, 3.63) is 82.6 Å². The van der Waals surface area contributed by atoms with Crippen LogP contribution in [-0.4, -0.2) is 17.5 Å². The van der Waals surface area contributed by atoms with E-state index in [1.807, 2.05) is 6.07 Å². The van der Waals surface area contributed by atoms with Crippen LogP contribution in [0.4, 0.5) is 39.3 Å². The number of benzene rings is 2. The Labute approximate surface area is 192 Å². The highest BCUT2D eigenvalue weighted by Gasteiger charge is 2.23. The number of fused-ring (bicyclic) bond motifs is 1. The van der Waals surface area contributed by atoms with Gasteiger partial charge in [0.15, 0.2) is 17.5 Å². The second-order valence-electron chi connectivity index (χ2n) is 7.87. The van der Waals surface area contributed by atoms with Crippen molar-refractivity contribution >= 4 is 23.2 Å². The first-order chi connectivity index (χ1) is 16.4. The molecule has 34 heavy (non-hydrogen) atoms. The second kappa shape index (κ2) is 10.1. The maximum absolute atomic E-state index is 14.3. The number of carbonyl (C=O) groups is 1. The summed E-state index contributed by atoms with van der Waals surface area (Å²) in [7, 11) is 0. The number of aryl methyl sites for hydroxylation is 2. The summed E-state index contributed by atoms with van der Waals surface area (Å²) < 4.78 is 67.0. The van der Waals surface area contributed by atoms with Gasteiger partial charge < -0.3 is 10.2 Å². The molecule has 4 rings (SSSR count). The predicted octanol–water partition coefficient (Wildman–Crippen LogP) is 5.69. The lowest BCUT2D eigenvalue weighted by molar-refractivity contribution is -0.183. The van der Waals surface area contributed by atoms with E-state index in [1.54, 1.807) is 17.0 Å². The maximum Gasteiger partial charge on any atom is 0.349 e. The van der Waals surface area contributed by atoms with Gasteiger partial charge in [0.2, 0.25) is 0 Å². The number of hydrogen-bond acceptors (Lipinski definition) is 5. The number of hydrogen-bond donors (Lipinski definition) is 1. The van der Waals surface area contributed by atoms with Gasteiger partial charge in [-0.1, -0.05) is 12.1 Å². The third-order valence-electron chi connectivity index (χ3n) is 5.59. The smallest absolute Gasteiger partial charge is 0.349 e. The van der Waals surface area contributed by atoms with E-state index in [4.69, 9.17) is 0 Å². The highest BCUT2D eigenvalue weighted by Crippen LogP contribution is 2.33. The summed E-state index contributed by atoms with van der Waals surface area (Å²) in [4.78, 5) is 20.2. The van der Waals surface area contributed by atoms with Gasteiger partial charge in [0.05, 0.1) is 18.7 Å². The van der Waals surface area contributed by atoms with Gasteiger partial charge in [0, 0.05) is 34.6 Å². The third-order valence-corrected chi connectivity index (χ3v) is 5.59. The van der Waals surface area contributed by atoms with Crippen LogP contribution in [0.2, 0.25) is 0 Å². The lowest BCUT2D eigenvalue weighted by atomic mass is 10.0. The van der Waals surface area contributed by atoms with E-state index >= 15 is 0 Å². The Morgan fingerprint density at radius 3 is 2.50 bits per heavy atom. The molecule has 5 nitrogen and oxygen atoms in total. The summed E-state index contributed by atoms with van der Waals surface area (Å²) in [5.41, 5.74) is 2.38. The fourth-order valence-electron chi connectivity index (χ4n) is 3.85. The average molecular weight is 477 g/mol. The Morgan fingerprint density at radius 1 is 1.03 bits per heavy atom. The van der Waals surface area contributed by atoms with Gasteiger partial charge in [0.1, 0.15) is 11.6 Å². The lowest BCUT2D eigenvalue weighted by Gasteiger charge is -2.30. The summed E-state index contributed by atoms with van der Waals surface area (Å²) >= 11 is 0. The molecule has 1 aliphatic heterocycles. The van der Waals surface area contributed by atoms with Crippen molar-refractivity contribution < 1.29 is 31.8 Å². The molecule has 178 valence electrons. The molecule has 1 N–H and O–H groups in total. The van der Waals surface area contributed by atoms with Gasteiger partial charge in [-0.15, -0.1) is 0 Å². The van der Waals surface area contributed by atoms with Gasteiger partial charge in [0.25, 0.3) is 0 Å². The monoisotopic (exact) mass is 477 g/mol. The standard InChI is InChI=1S/C24H20F5N3O2/c25-19-10-16(6-3-14(19)5-8-22(33)34-29)30-13-17-7-4-15-2-1-9-32(24(15)31-17)18-11-20(26)23(28)21(27)12-18/h3-4,6-7,10-12,30H,1-2,5,8-9,13H2. The number of aromatic nitrogens is 1. The molecule has 0 aliphatic carbocycles. The molecule has 0 saturated heterocycles. The molecule has 0 amide bonds. The van der Waals surface area contributed by atoms with Crippen molar-refractivity contribution in [2.24, 2.45) is 0 Å². The Bertz CT molecular complexity index is 1200. The quantitative estimate of drug-likeness (QED) is 0.350. The number of rotatable bonds is 7. The topological polar surface area (TPSA) is 54.5 Å². The Hall–Kier alpha value is -3.69. The molecule has 0 unspecified atom stereocenters. The predicted molar refractivity (Wildman–Crippen MR) is 115 cm³/mol. The largest absolute Gasteiger partial charge is 0.379 e. The van der Waals surface area contributed by atoms with E-state index in [1.165, 1.54) is 12.1 Å². The fourth-order valence-corrected chi connectivity index (χ4v) is 3.85. The van der Waals surface area contributed by atoms with Crippen molar-refractivity contribution in [1.82, 2.24) is 4.98 Å². The van der Waals surface area contributed by atoms with Crippen LogP contribution in [0.1, 0.15) is 29.7 Å². The van der Waals surface area contributed by atoms with Crippen molar-refractivity contribution in [3.8, 4) is 0 Å². The molecule has 0 spiro atoms.